The van der Waals surface area contributed by atoms with E-state index in [1.165, 1.54) is 11.3 Å². The van der Waals surface area contributed by atoms with E-state index in [0.29, 0.717) is 17.7 Å². The van der Waals surface area contributed by atoms with Crippen molar-refractivity contribution in [3.05, 3.63) is 62.0 Å². The average Bonchev–Trinajstić information content (AvgIpc) is 2.78. The van der Waals surface area contributed by atoms with Crippen molar-refractivity contribution in [2.45, 2.75) is 60.5 Å². The van der Waals surface area contributed by atoms with Crippen LogP contribution in [0.3, 0.4) is 0 Å². The van der Waals surface area contributed by atoms with Gasteiger partial charge in [-0.25, -0.2) is 0 Å². The molecule has 1 aromatic carbocycles. The number of rotatable bonds is 10. The zero-order chi connectivity index (χ0) is 24.8. The number of hydrogen-bond donors (Lipinski definition) is 2. The second-order valence-corrected chi connectivity index (χ2v) is 11.3. The first-order chi connectivity index (χ1) is 16.2. The van der Waals surface area contributed by atoms with Crippen LogP contribution in [0.2, 0.25) is 0 Å². The van der Waals surface area contributed by atoms with E-state index < -0.39 is 27.7 Å². The van der Waals surface area contributed by atoms with Gasteiger partial charge < -0.3 is 0 Å². The van der Waals surface area contributed by atoms with Gasteiger partial charge in [0, 0.05) is 0 Å². The van der Waals surface area contributed by atoms with Crippen LogP contribution in [0.1, 0.15) is 61.2 Å². The average molecular weight is 579 g/mol. The first-order valence-electron chi connectivity index (χ1n) is 11.8. The Balaban J connectivity index is 1.89. The van der Waals surface area contributed by atoms with Gasteiger partial charge in [0.2, 0.25) is 0 Å². The summed E-state index contributed by atoms with van der Waals surface area (Å²) in [5, 5.41) is 18.6. The minimum absolute atomic E-state index is 0.0559. The van der Waals surface area contributed by atoms with Crippen molar-refractivity contribution < 1.29 is 39.6 Å². The van der Waals surface area contributed by atoms with Crippen LogP contribution in [0.5, 0.6) is 5.75 Å². The third-order valence-electron chi connectivity index (χ3n) is 5.41. The molecular weight excluding hydrogens is 543 g/mol. The van der Waals surface area contributed by atoms with Crippen LogP contribution >= 0.6 is 0 Å². The van der Waals surface area contributed by atoms with Crippen LogP contribution in [0, 0.1) is 25.7 Å². The second-order valence-electron chi connectivity index (χ2n) is 9.69. The van der Waals surface area contributed by atoms with Gasteiger partial charge in [-0.3, -0.25) is 0 Å². The normalized spacial score (nSPS) is 14.9. The van der Waals surface area contributed by atoms with E-state index in [9.17, 15) is 5.11 Å². The molecule has 186 valence electrons. The number of benzene rings is 1. The Hall–Kier alpha value is -1.97. The maximum absolute atomic E-state index is 9.61. The Morgan fingerprint density at radius 3 is 2.29 bits per heavy atom. The molecule has 0 fully saturated rings. The topological polar surface area (TPSA) is 84.2 Å². The number of aromatic nitrogens is 1. The third kappa shape index (κ3) is 7.02. The van der Waals surface area contributed by atoms with E-state index in [1.54, 1.807) is 0 Å². The van der Waals surface area contributed by atoms with Gasteiger partial charge in [-0.15, -0.1) is 0 Å². The Morgan fingerprint density at radius 1 is 1.00 bits per heavy atom. The Labute approximate surface area is 213 Å². The molecule has 1 unspecified atom stereocenters. The number of hydrogen-bond acceptors (Lipinski definition) is 6. The SMILES string of the molecule is Cc1cc(C2=C[I-]OC(c3cnc(CC(C)C)c(CC(C)C)c3)=N2)cc(C)c1OCC(O)CO. The molecule has 2 heterocycles. The number of halogens is 1. The van der Waals surface area contributed by atoms with Crippen molar-refractivity contribution in [3.8, 4) is 5.75 Å². The van der Waals surface area contributed by atoms with E-state index in [0.717, 1.165) is 46.5 Å². The Bertz CT molecular complexity index is 1040. The summed E-state index contributed by atoms with van der Waals surface area (Å²) >= 11 is -0.625. The number of ether oxygens (including phenoxy) is 1. The molecule has 7 heteroatoms. The molecule has 1 atom stereocenters. The minimum atomic E-state index is -0.894. The van der Waals surface area contributed by atoms with E-state index in [-0.39, 0.29) is 13.2 Å². The summed E-state index contributed by atoms with van der Waals surface area (Å²) in [6, 6.07) is 6.30. The summed E-state index contributed by atoms with van der Waals surface area (Å²) in [5.41, 5.74) is 7.21. The first-order valence-corrected chi connectivity index (χ1v) is 13.9. The van der Waals surface area contributed by atoms with Crippen molar-refractivity contribution >= 4 is 11.6 Å². The molecule has 1 aliphatic rings. The van der Waals surface area contributed by atoms with Gasteiger partial charge in [0.1, 0.15) is 0 Å². The molecule has 0 bridgehead atoms. The number of pyridine rings is 1. The Morgan fingerprint density at radius 2 is 1.68 bits per heavy atom. The number of nitrogens with zero attached hydrogens (tertiary/aromatic N) is 2. The standard InChI is InChI=1S/C27H36IN2O4/c1-16(2)7-20-11-22(13-29-24(20)8-17(3)4)27-30-25(12-28-34-27)21-9-18(5)26(19(6)10-21)33-15-23(32)14-31/h9-13,16-17,23,31-32H,7-8,14-15H2,1-6H3/q-1. The van der Waals surface area contributed by atoms with Crippen molar-refractivity contribution in [1.29, 1.82) is 0 Å². The molecule has 0 saturated carbocycles. The fourth-order valence-corrected chi connectivity index (χ4v) is 5.36. The fraction of sp³-hybridized carbons (Fsp3) is 0.481. The van der Waals surface area contributed by atoms with Crippen molar-refractivity contribution in [2.75, 3.05) is 13.2 Å². The zero-order valence-electron chi connectivity index (χ0n) is 20.9. The molecule has 2 N–H and O–H groups in total. The maximum atomic E-state index is 9.61. The molecular formula is C27H36IN2O4-. The number of aryl methyl sites for hydroxylation is 2. The number of aliphatic hydroxyl groups is 2. The summed E-state index contributed by atoms with van der Waals surface area (Å²) in [7, 11) is 0. The van der Waals surface area contributed by atoms with Crippen molar-refractivity contribution in [2.24, 2.45) is 16.8 Å². The van der Waals surface area contributed by atoms with Gasteiger partial charge in [0.15, 0.2) is 0 Å². The molecule has 0 amide bonds. The molecule has 0 spiro atoms. The zero-order valence-corrected chi connectivity index (χ0v) is 23.1. The van der Waals surface area contributed by atoms with Crippen LogP contribution in [-0.4, -0.2) is 40.4 Å². The van der Waals surface area contributed by atoms with E-state index in [2.05, 4.69) is 37.8 Å². The summed E-state index contributed by atoms with van der Waals surface area (Å²) < 4.78 is 13.9. The van der Waals surface area contributed by atoms with Crippen LogP contribution in [0.4, 0.5) is 0 Å². The molecule has 0 saturated heterocycles. The number of aliphatic imine (C=N–C) groups is 1. The quantitative estimate of drug-likeness (QED) is 0.418. The predicted molar refractivity (Wildman–Crippen MR) is 131 cm³/mol. The second kappa shape index (κ2) is 12.1. The summed E-state index contributed by atoms with van der Waals surface area (Å²) in [4.78, 5) is 9.67. The molecule has 34 heavy (non-hydrogen) atoms. The molecule has 2 aromatic rings. The van der Waals surface area contributed by atoms with Crippen LogP contribution in [0.25, 0.3) is 5.70 Å². The molecule has 3 rings (SSSR count). The third-order valence-corrected chi connectivity index (χ3v) is 6.93. The van der Waals surface area contributed by atoms with Gasteiger partial charge in [-0.2, -0.15) is 0 Å². The fourth-order valence-electron chi connectivity index (χ4n) is 3.90. The predicted octanol–water partition coefficient (Wildman–Crippen LogP) is 1.61. The molecule has 1 aliphatic heterocycles. The van der Waals surface area contributed by atoms with Gasteiger partial charge in [0.05, 0.1) is 0 Å². The van der Waals surface area contributed by atoms with Crippen molar-refractivity contribution in [3.63, 3.8) is 0 Å². The molecule has 6 nitrogen and oxygen atoms in total. The van der Waals surface area contributed by atoms with Crippen molar-refractivity contribution in [1.82, 2.24) is 4.98 Å². The van der Waals surface area contributed by atoms with E-state index in [1.807, 2.05) is 32.2 Å². The van der Waals surface area contributed by atoms with E-state index >= 15 is 0 Å². The monoisotopic (exact) mass is 579 g/mol. The van der Waals surface area contributed by atoms with Gasteiger partial charge >= 0.3 is 214 Å². The first kappa shape index (κ1) is 26.6. The summed E-state index contributed by atoms with van der Waals surface area (Å²) in [6.07, 6.45) is 2.96. The van der Waals surface area contributed by atoms with Crippen LogP contribution < -0.4 is 26.4 Å². The summed E-state index contributed by atoms with van der Waals surface area (Å²) in [6.45, 7) is 12.6. The summed E-state index contributed by atoms with van der Waals surface area (Å²) in [5.74, 6) is 2.47. The van der Waals surface area contributed by atoms with Gasteiger partial charge in [0.25, 0.3) is 0 Å². The molecule has 0 radical (unpaired) electrons. The Kier molecular flexibility index (Phi) is 9.50. The van der Waals surface area contributed by atoms with E-state index in [4.69, 9.17) is 22.9 Å². The molecule has 0 aliphatic carbocycles. The molecule has 1 aromatic heterocycles. The van der Waals surface area contributed by atoms with Crippen LogP contribution in [-0.2, 0) is 15.9 Å². The van der Waals surface area contributed by atoms with Gasteiger partial charge in [-0.05, 0) is 0 Å². The van der Waals surface area contributed by atoms with Crippen LogP contribution in [0.15, 0.2) is 33.5 Å². The number of aliphatic hydroxyl groups excluding tert-OH is 2. The van der Waals surface area contributed by atoms with Gasteiger partial charge in [-0.1, -0.05) is 0 Å².